The molecule has 3 N–H and O–H groups in total. The summed E-state index contributed by atoms with van der Waals surface area (Å²) in [5, 5.41) is 35.8. The Kier molecular flexibility index (Phi) is 5.68. The zero-order valence-electron chi connectivity index (χ0n) is 12.6. The molecule has 0 bridgehead atoms. The highest BCUT2D eigenvalue weighted by Crippen LogP contribution is 2.26. The molecule has 1 heterocycles. The number of carboxylic acids is 3. The number of hydrogen-bond acceptors (Lipinski definition) is 5. The zero-order chi connectivity index (χ0) is 17.7. The van der Waals surface area contributed by atoms with Gasteiger partial charge in [-0.15, -0.1) is 0 Å². The van der Waals surface area contributed by atoms with Crippen LogP contribution in [0.25, 0.3) is 0 Å². The van der Waals surface area contributed by atoms with Gasteiger partial charge in [-0.2, -0.15) is 5.26 Å². The summed E-state index contributed by atoms with van der Waals surface area (Å²) in [5.74, 6) is -4.90. The lowest BCUT2D eigenvalue weighted by atomic mass is 10.00. The zero-order valence-corrected chi connectivity index (χ0v) is 12.6. The number of aliphatic carboxylic acids is 3. The molecule has 1 rings (SSSR count). The molecular weight excluding hydrogens is 304 g/mol. The minimum Gasteiger partial charge on any atom is -0.481 e. The SMILES string of the molecule is CC1=CC(=C(C#N)C(=O)O)C=C(C)N1CC(CC(=O)O)C(=O)O. The Hall–Kier alpha value is -3.08. The maximum atomic E-state index is 11.2. The van der Waals surface area contributed by atoms with Crippen LogP contribution >= 0.6 is 0 Å². The van der Waals surface area contributed by atoms with E-state index >= 15 is 0 Å². The second kappa shape index (κ2) is 7.26. The molecule has 122 valence electrons. The monoisotopic (exact) mass is 320 g/mol. The summed E-state index contributed by atoms with van der Waals surface area (Å²) in [6.07, 6.45) is 2.40. The summed E-state index contributed by atoms with van der Waals surface area (Å²) in [5.41, 5.74) is 0.872. The minimum atomic E-state index is -1.35. The molecule has 8 heteroatoms. The molecule has 0 aromatic rings. The van der Waals surface area contributed by atoms with Gasteiger partial charge in [-0.25, -0.2) is 4.79 Å². The Labute approximate surface area is 132 Å². The van der Waals surface area contributed by atoms with Gasteiger partial charge >= 0.3 is 17.9 Å². The minimum absolute atomic E-state index is 0.0610. The van der Waals surface area contributed by atoms with Crippen molar-refractivity contribution in [2.75, 3.05) is 6.54 Å². The predicted molar refractivity (Wildman–Crippen MR) is 77.9 cm³/mol. The van der Waals surface area contributed by atoms with Gasteiger partial charge in [0.2, 0.25) is 0 Å². The first-order valence-electron chi connectivity index (χ1n) is 6.63. The van der Waals surface area contributed by atoms with Crippen molar-refractivity contribution in [3.8, 4) is 6.07 Å². The van der Waals surface area contributed by atoms with Gasteiger partial charge in [-0.05, 0) is 26.0 Å². The lowest BCUT2D eigenvalue weighted by molar-refractivity contribution is -0.148. The molecule has 0 aliphatic carbocycles. The number of carboxylic acid groups (broad SMARTS) is 3. The molecule has 0 amide bonds. The lowest BCUT2D eigenvalue weighted by Gasteiger charge is -2.31. The van der Waals surface area contributed by atoms with Crippen molar-refractivity contribution in [2.24, 2.45) is 5.92 Å². The predicted octanol–water partition coefficient (Wildman–Crippen LogP) is 1.19. The highest BCUT2D eigenvalue weighted by Gasteiger charge is 2.27. The molecule has 1 atom stereocenters. The number of nitriles is 1. The van der Waals surface area contributed by atoms with Crippen molar-refractivity contribution in [3.05, 3.63) is 34.7 Å². The average molecular weight is 320 g/mol. The van der Waals surface area contributed by atoms with Crippen LogP contribution in [0.2, 0.25) is 0 Å². The first-order chi connectivity index (χ1) is 10.7. The van der Waals surface area contributed by atoms with Crippen molar-refractivity contribution in [3.63, 3.8) is 0 Å². The van der Waals surface area contributed by atoms with E-state index in [2.05, 4.69) is 0 Å². The van der Waals surface area contributed by atoms with Crippen LogP contribution in [0.15, 0.2) is 34.7 Å². The van der Waals surface area contributed by atoms with Gasteiger partial charge in [0.1, 0.15) is 11.6 Å². The smallest absolute Gasteiger partial charge is 0.347 e. The summed E-state index contributed by atoms with van der Waals surface area (Å²) >= 11 is 0. The third-order valence-corrected chi connectivity index (χ3v) is 3.37. The van der Waals surface area contributed by atoms with Gasteiger partial charge in [0.05, 0.1) is 12.3 Å². The Morgan fingerprint density at radius 1 is 1.17 bits per heavy atom. The van der Waals surface area contributed by atoms with Crippen LogP contribution < -0.4 is 0 Å². The summed E-state index contributed by atoms with van der Waals surface area (Å²) in [4.78, 5) is 34.5. The molecular formula is C15H16N2O6. The lowest BCUT2D eigenvalue weighted by Crippen LogP contribution is -2.33. The van der Waals surface area contributed by atoms with Crippen LogP contribution in [-0.2, 0) is 14.4 Å². The van der Waals surface area contributed by atoms with Gasteiger partial charge in [0.15, 0.2) is 0 Å². The molecule has 1 aliphatic heterocycles. The summed E-state index contributed by atoms with van der Waals surface area (Å²) < 4.78 is 0. The van der Waals surface area contributed by atoms with Crippen LogP contribution in [0.5, 0.6) is 0 Å². The summed E-state index contributed by atoms with van der Waals surface area (Å²) in [6, 6.07) is 1.61. The van der Waals surface area contributed by atoms with Gasteiger partial charge in [-0.3, -0.25) is 9.59 Å². The molecule has 1 unspecified atom stereocenters. The second-order valence-electron chi connectivity index (χ2n) is 5.06. The second-order valence-corrected chi connectivity index (χ2v) is 5.06. The number of allylic oxidation sites excluding steroid dienone is 5. The quantitative estimate of drug-likeness (QED) is 0.490. The van der Waals surface area contributed by atoms with Gasteiger partial charge in [0, 0.05) is 23.5 Å². The molecule has 8 nitrogen and oxygen atoms in total. The maximum Gasteiger partial charge on any atom is 0.347 e. The van der Waals surface area contributed by atoms with E-state index < -0.39 is 35.8 Å². The van der Waals surface area contributed by atoms with Crippen molar-refractivity contribution < 1.29 is 29.7 Å². The Bertz CT molecular complexity index is 659. The average Bonchev–Trinajstić information content (AvgIpc) is 2.41. The van der Waals surface area contributed by atoms with E-state index in [1.807, 2.05) is 0 Å². The molecule has 0 spiro atoms. The fourth-order valence-corrected chi connectivity index (χ4v) is 2.26. The van der Waals surface area contributed by atoms with Crippen LogP contribution in [-0.4, -0.2) is 44.7 Å². The molecule has 0 aromatic carbocycles. The van der Waals surface area contributed by atoms with E-state index in [9.17, 15) is 14.4 Å². The molecule has 0 saturated carbocycles. The van der Waals surface area contributed by atoms with E-state index in [0.717, 1.165) is 0 Å². The normalized spacial score (nSPS) is 15.2. The first-order valence-corrected chi connectivity index (χ1v) is 6.63. The van der Waals surface area contributed by atoms with Gasteiger partial charge in [-0.1, -0.05) is 0 Å². The van der Waals surface area contributed by atoms with Crippen molar-refractivity contribution in [2.45, 2.75) is 20.3 Å². The third-order valence-electron chi connectivity index (χ3n) is 3.37. The Morgan fingerprint density at radius 3 is 2.04 bits per heavy atom. The Morgan fingerprint density at radius 2 is 1.70 bits per heavy atom. The third kappa shape index (κ3) is 4.44. The fraction of sp³-hybridized carbons (Fsp3) is 0.333. The van der Waals surface area contributed by atoms with Gasteiger partial charge < -0.3 is 20.2 Å². The van der Waals surface area contributed by atoms with Crippen LogP contribution in [0.1, 0.15) is 20.3 Å². The van der Waals surface area contributed by atoms with E-state index in [0.29, 0.717) is 11.4 Å². The summed E-state index contributed by atoms with van der Waals surface area (Å²) in [6.45, 7) is 3.20. The highest BCUT2D eigenvalue weighted by molar-refractivity contribution is 5.93. The molecule has 0 aromatic heterocycles. The van der Waals surface area contributed by atoms with Crippen molar-refractivity contribution >= 4 is 17.9 Å². The van der Waals surface area contributed by atoms with E-state index in [-0.39, 0.29) is 12.1 Å². The van der Waals surface area contributed by atoms with Crippen molar-refractivity contribution in [1.29, 1.82) is 5.26 Å². The van der Waals surface area contributed by atoms with Crippen LogP contribution in [0.4, 0.5) is 0 Å². The largest absolute Gasteiger partial charge is 0.481 e. The molecule has 0 fully saturated rings. The van der Waals surface area contributed by atoms with E-state index in [1.165, 1.54) is 12.2 Å². The molecule has 0 radical (unpaired) electrons. The topological polar surface area (TPSA) is 139 Å². The fourth-order valence-electron chi connectivity index (χ4n) is 2.26. The molecule has 1 aliphatic rings. The van der Waals surface area contributed by atoms with E-state index in [1.54, 1.807) is 24.8 Å². The van der Waals surface area contributed by atoms with Crippen LogP contribution in [0.3, 0.4) is 0 Å². The van der Waals surface area contributed by atoms with Crippen LogP contribution in [0, 0.1) is 17.2 Å². The number of carbonyl (C=O) groups is 3. The number of hydrogen-bond donors (Lipinski definition) is 3. The van der Waals surface area contributed by atoms with E-state index in [4.69, 9.17) is 20.6 Å². The van der Waals surface area contributed by atoms with Gasteiger partial charge in [0.25, 0.3) is 0 Å². The maximum absolute atomic E-state index is 11.2. The Balaban J connectivity index is 3.13. The number of nitrogens with zero attached hydrogens (tertiary/aromatic N) is 2. The number of rotatable bonds is 6. The highest BCUT2D eigenvalue weighted by atomic mass is 16.4. The first kappa shape index (κ1) is 18.0. The summed E-state index contributed by atoms with van der Waals surface area (Å²) in [7, 11) is 0. The molecule has 0 saturated heterocycles. The molecule has 23 heavy (non-hydrogen) atoms. The standard InChI is InChI=1S/C15H16N2O6/c1-8-3-10(12(6-16)15(22)23)4-9(2)17(8)7-11(14(20)21)5-13(18)19/h3-4,11H,5,7H2,1-2H3,(H,18,19)(H,20,21)(H,22,23). The van der Waals surface area contributed by atoms with Crippen molar-refractivity contribution in [1.82, 2.24) is 4.90 Å².